The third kappa shape index (κ3) is 4.65. The fourth-order valence-corrected chi connectivity index (χ4v) is 12.5. The lowest BCUT2D eigenvalue weighted by Crippen LogP contribution is -2.66. The van der Waals surface area contributed by atoms with E-state index >= 15 is 0 Å². The highest BCUT2D eigenvalue weighted by atomic mass is 32.2. The number of carbonyl (C=O) groups excluding carboxylic acids is 1. The number of hydrogen-bond acceptors (Lipinski definition) is 5. The molecule has 0 bridgehead atoms. The van der Waals surface area contributed by atoms with Gasteiger partial charge in [0.05, 0.1) is 12.0 Å². The Hall–Kier alpha value is -1.51. The molecule has 250 valence electrons. The van der Waals surface area contributed by atoms with Gasteiger partial charge < -0.3 is 8.92 Å². The van der Waals surface area contributed by atoms with Gasteiger partial charge in [0.1, 0.15) is 5.76 Å². The van der Waals surface area contributed by atoms with Crippen LogP contribution in [0.1, 0.15) is 119 Å². The van der Waals surface area contributed by atoms with Gasteiger partial charge in [-0.05, 0) is 123 Å². The van der Waals surface area contributed by atoms with E-state index in [2.05, 4.69) is 41.2 Å². The zero-order chi connectivity index (χ0) is 32.7. The van der Waals surface area contributed by atoms with Crippen molar-refractivity contribution in [3.63, 3.8) is 0 Å². The average molecular weight is 643 g/mol. The van der Waals surface area contributed by atoms with Crippen molar-refractivity contribution >= 4 is 16.1 Å². The molecule has 5 nitrogen and oxygen atoms in total. The summed E-state index contributed by atoms with van der Waals surface area (Å²) in [5, 5.41) is 0. The van der Waals surface area contributed by atoms with E-state index in [0.717, 1.165) is 69.8 Å². The molecule has 0 unspecified atom stereocenters. The van der Waals surface area contributed by atoms with E-state index in [9.17, 15) is 26.4 Å². The first kappa shape index (κ1) is 33.8. The van der Waals surface area contributed by atoms with E-state index in [1.807, 2.05) is 13.8 Å². The van der Waals surface area contributed by atoms with Crippen molar-refractivity contribution in [2.24, 2.45) is 56.7 Å². The molecular formula is C35H53F3O5S. The predicted octanol–water partition coefficient (Wildman–Crippen LogP) is 9.35. The summed E-state index contributed by atoms with van der Waals surface area (Å²) < 4.78 is 74.6. The summed E-state index contributed by atoms with van der Waals surface area (Å²) in [6, 6.07) is 0. The van der Waals surface area contributed by atoms with E-state index in [1.165, 1.54) is 0 Å². The molecule has 0 saturated heterocycles. The fourth-order valence-electron chi connectivity index (χ4n) is 11.8. The van der Waals surface area contributed by atoms with E-state index in [-0.39, 0.29) is 45.7 Å². The Labute approximate surface area is 262 Å². The monoisotopic (exact) mass is 642 g/mol. The van der Waals surface area contributed by atoms with Gasteiger partial charge in [0.25, 0.3) is 0 Å². The van der Waals surface area contributed by atoms with Crippen molar-refractivity contribution in [3.05, 3.63) is 24.0 Å². The highest BCUT2D eigenvalue weighted by Gasteiger charge is 2.72. The summed E-state index contributed by atoms with van der Waals surface area (Å²) >= 11 is 0. The SMILES string of the molecule is C=C(C)[C@@H]1CC[C@]2(C(=O)OCCCC)CC[C@]3(C)[C@H](CC[C@@H]4[C@@]5(C)CC=C(OS(=O)(=O)C(F)(F)F)C(C)(C)[C@@H]5CC[C@]43C)[C@@H]12. The van der Waals surface area contributed by atoms with Crippen LogP contribution in [0, 0.1) is 56.7 Å². The minimum atomic E-state index is -5.74. The number of unbranched alkanes of at least 4 members (excludes halogenated alkanes) is 1. The van der Waals surface area contributed by atoms with Crippen LogP contribution in [0.5, 0.6) is 0 Å². The van der Waals surface area contributed by atoms with Crippen molar-refractivity contribution in [2.75, 3.05) is 6.61 Å². The van der Waals surface area contributed by atoms with Gasteiger partial charge in [-0.15, -0.1) is 0 Å². The normalized spacial score (nSPS) is 43.0. The number of fused-ring (bicyclic) bond motifs is 7. The Kier molecular flexibility index (Phi) is 8.28. The van der Waals surface area contributed by atoms with E-state index < -0.39 is 26.5 Å². The second-order valence-electron chi connectivity index (χ2n) is 16.3. The lowest BCUT2D eigenvalue weighted by Gasteiger charge is -2.72. The molecule has 0 N–H and O–H groups in total. The van der Waals surface area contributed by atoms with Crippen LogP contribution in [0.2, 0.25) is 0 Å². The molecular weight excluding hydrogens is 589 g/mol. The maximum absolute atomic E-state index is 13.9. The summed E-state index contributed by atoms with van der Waals surface area (Å²) in [7, 11) is -5.74. The molecule has 4 saturated carbocycles. The van der Waals surface area contributed by atoms with Crippen LogP contribution in [-0.2, 0) is 23.8 Å². The lowest BCUT2D eigenvalue weighted by molar-refractivity contribution is -0.231. The van der Waals surface area contributed by atoms with E-state index in [1.54, 1.807) is 6.08 Å². The number of rotatable bonds is 7. The summed E-state index contributed by atoms with van der Waals surface area (Å²) in [5.74, 6) is 1.03. The number of ether oxygens (including phenoxy) is 1. The van der Waals surface area contributed by atoms with Crippen LogP contribution in [0.15, 0.2) is 24.0 Å². The number of allylic oxidation sites excluding steroid dienone is 3. The first-order valence-corrected chi connectivity index (χ1v) is 18.2. The zero-order valence-electron chi connectivity index (χ0n) is 27.7. The summed E-state index contributed by atoms with van der Waals surface area (Å²) in [6.45, 7) is 20.0. The first-order valence-electron chi connectivity index (χ1n) is 16.8. The van der Waals surface area contributed by atoms with Gasteiger partial charge in [0.2, 0.25) is 0 Å². The molecule has 5 aliphatic carbocycles. The second kappa shape index (κ2) is 10.8. The van der Waals surface area contributed by atoms with Crippen LogP contribution in [-0.4, -0.2) is 26.5 Å². The quantitative estimate of drug-likeness (QED) is 0.0910. The smallest absolute Gasteiger partial charge is 0.465 e. The second-order valence-corrected chi connectivity index (χ2v) is 17.8. The molecule has 0 heterocycles. The Morgan fingerprint density at radius 3 is 2.27 bits per heavy atom. The van der Waals surface area contributed by atoms with Gasteiger partial charge in [-0.2, -0.15) is 21.6 Å². The molecule has 0 aromatic rings. The number of carbonyl (C=O) groups is 1. The van der Waals surface area contributed by atoms with Crippen LogP contribution < -0.4 is 0 Å². The average Bonchev–Trinajstić information content (AvgIpc) is 3.31. The highest BCUT2D eigenvalue weighted by molar-refractivity contribution is 7.87. The van der Waals surface area contributed by atoms with Gasteiger partial charge in [-0.25, -0.2) is 0 Å². The van der Waals surface area contributed by atoms with Crippen LogP contribution in [0.4, 0.5) is 13.2 Å². The number of esters is 1. The van der Waals surface area contributed by atoms with Crippen molar-refractivity contribution in [2.45, 2.75) is 125 Å². The van der Waals surface area contributed by atoms with Crippen LogP contribution in [0.3, 0.4) is 0 Å². The fraction of sp³-hybridized carbons (Fsp3) is 0.857. The third-order valence-electron chi connectivity index (χ3n) is 14.2. The van der Waals surface area contributed by atoms with Crippen molar-refractivity contribution in [1.82, 2.24) is 0 Å². The Bertz CT molecular complexity index is 1320. The zero-order valence-corrected chi connectivity index (χ0v) is 28.6. The van der Waals surface area contributed by atoms with Gasteiger partial charge in [-0.1, -0.05) is 60.1 Å². The first-order chi connectivity index (χ1) is 20.2. The molecule has 0 aromatic carbocycles. The van der Waals surface area contributed by atoms with Gasteiger partial charge >= 0.3 is 21.6 Å². The molecule has 0 aromatic heterocycles. The summed E-state index contributed by atoms with van der Waals surface area (Å²) in [4.78, 5) is 13.9. The van der Waals surface area contributed by atoms with Crippen LogP contribution >= 0.6 is 0 Å². The predicted molar refractivity (Wildman–Crippen MR) is 164 cm³/mol. The molecule has 5 rings (SSSR count). The van der Waals surface area contributed by atoms with Crippen molar-refractivity contribution in [1.29, 1.82) is 0 Å². The molecule has 5 aliphatic rings. The van der Waals surface area contributed by atoms with Crippen LogP contribution in [0.25, 0.3) is 0 Å². The van der Waals surface area contributed by atoms with E-state index in [4.69, 9.17) is 8.92 Å². The highest BCUT2D eigenvalue weighted by Crippen LogP contribution is 2.77. The van der Waals surface area contributed by atoms with Crippen molar-refractivity contribution in [3.8, 4) is 0 Å². The Balaban J connectivity index is 1.49. The summed E-state index contributed by atoms with van der Waals surface area (Å²) in [6.07, 6.45) is 11.2. The third-order valence-corrected chi connectivity index (χ3v) is 15.2. The van der Waals surface area contributed by atoms with Crippen molar-refractivity contribution < 1.29 is 35.3 Å². The summed E-state index contributed by atoms with van der Waals surface area (Å²) in [5.41, 5.74) is -5.93. The molecule has 0 amide bonds. The molecule has 4 fully saturated rings. The van der Waals surface area contributed by atoms with Gasteiger partial charge in [0.15, 0.2) is 0 Å². The molecule has 44 heavy (non-hydrogen) atoms. The molecule has 0 aliphatic heterocycles. The largest absolute Gasteiger partial charge is 0.534 e. The number of hydrogen-bond donors (Lipinski definition) is 0. The van der Waals surface area contributed by atoms with Gasteiger partial charge in [-0.3, -0.25) is 4.79 Å². The maximum atomic E-state index is 13.9. The molecule has 0 radical (unpaired) electrons. The molecule has 0 spiro atoms. The van der Waals surface area contributed by atoms with Gasteiger partial charge in [0, 0.05) is 5.41 Å². The Morgan fingerprint density at radius 2 is 1.66 bits per heavy atom. The minimum absolute atomic E-state index is 0.00907. The molecule has 9 heteroatoms. The molecule has 9 atom stereocenters. The maximum Gasteiger partial charge on any atom is 0.534 e. The van der Waals surface area contributed by atoms with E-state index in [0.29, 0.717) is 24.9 Å². The minimum Gasteiger partial charge on any atom is -0.465 e. The lowest BCUT2D eigenvalue weighted by atomic mass is 9.32. The number of halogens is 3. The standard InChI is InChI=1S/C35H53F3O5S/c1-9-10-21-42-29(39)34-18-13-23(22(2)3)28(34)24-11-12-26-31(6)16-15-27(43-44(40,41)35(36,37)38)30(4,5)25(31)14-17-33(26,8)32(24,7)19-20-34/h15,23-26,28H,2,9-14,16-21H2,1,3-8H3/t23-,24+,25-,26+,28+,31-,32+,33+,34-/m0/s1. The number of alkyl halides is 3. The topological polar surface area (TPSA) is 69.7 Å². The Morgan fingerprint density at radius 1 is 0.977 bits per heavy atom.